The molecular weight excluding hydrogens is 166 g/mol. The molecule has 0 aromatic heterocycles. The standard InChI is InChI=1S/C10H13NS/c1-8-3-2-4-9(5-8)12-10-6-11-7-10/h2-5,10-11H,6-7H2,1H3. The first-order valence-electron chi connectivity index (χ1n) is 4.28. The van der Waals surface area contributed by atoms with Crippen LogP contribution in [0.4, 0.5) is 0 Å². The van der Waals surface area contributed by atoms with Gasteiger partial charge in [-0.05, 0) is 19.1 Å². The first kappa shape index (κ1) is 8.14. The largest absolute Gasteiger partial charge is 0.314 e. The van der Waals surface area contributed by atoms with Gasteiger partial charge in [-0.3, -0.25) is 0 Å². The van der Waals surface area contributed by atoms with Crippen molar-refractivity contribution >= 4 is 11.8 Å². The Morgan fingerprint density at radius 2 is 2.25 bits per heavy atom. The SMILES string of the molecule is Cc1cccc(SC2CNC2)c1. The van der Waals surface area contributed by atoms with Gasteiger partial charge in [-0.1, -0.05) is 17.7 Å². The smallest absolute Gasteiger partial charge is 0.0344 e. The summed E-state index contributed by atoms with van der Waals surface area (Å²) < 4.78 is 0. The van der Waals surface area contributed by atoms with E-state index in [-0.39, 0.29) is 0 Å². The van der Waals surface area contributed by atoms with Crippen molar-refractivity contribution in [2.24, 2.45) is 0 Å². The van der Waals surface area contributed by atoms with Crippen molar-refractivity contribution in [1.82, 2.24) is 5.32 Å². The Morgan fingerprint density at radius 1 is 1.42 bits per heavy atom. The van der Waals surface area contributed by atoms with Gasteiger partial charge in [-0.15, -0.1) is 11.8 Å². The number of hydrogen-bond donors (Lipinski definition) is 1. The minimum absolute atomic E-state index is 0.798. The van der Waals surface area contributed by atoms with Gasteiger partial charge < -0.3 is 5.32 Å². The molecule has 0 atom stereocenters. The maximum Gasteiger partial charge on any atom is 0.0344 e. The summed E-state index contributed by atoms with van der Waals surface area (Å²) in [5.74, 6) is 0. The fourth-order valence-electron chi connectivity index (χ4n) is 1.23. The molecule has 1 aliphatic heterocycles. The van der Waals surface area contributed by atoms with Gasteiger partial charge in [0, 0.05) is 23.2 Å². The average Bonchev–Trinajstić information content (AvgIpc) is 1.97. The lowest BCUT2D eigenvalue weighted by atomic mass is 10.2. The van der Waals surface area contributed by atoms with Crippen LogP contribution in [0, 0.1) is 6.92 Å². The zero-order chi connectivity index (χ0) is 8.39. The molecule has 1 aromatic rings. The van der Waals surface area contributed by atoms with Crippen LogP contribution in [0.25, 0.3) is 0 Å². The summed E-state index contributed by atoms with van der Waals surface area (Å²) in [6.07, 6.45) is 0. The minimum Gasteiger partial charge on any atom is -0.314 e. The van der Waals surface area contributed by atoms with E-state index in [0.717, 1.165) is 5.25 Å². The second-order valence-electron chi connectivity index (χ2n) is 3.21. The molecule has 1 saturated heterocycles. The second kappa shape index (κ2) is 3.50. The Bertz CT molecular complexity index is 268. The first-order valence-corrected chi connectivity index (χ1v) is 5.16. The minimum atomic E-state index is 0.798. The zero-order valence-corrected chi connectivity index (χ0v) is 8.03. The summed E-state index contributed by atoms with van der Waals surface area (Å²) in [7, 11) is 0. The van der Waals surface area contributed by atoms with Crippen molar-refractivity contribution < 1.29 is 0 Å². The van der Waals surface area contributed by atoms with E-state index >= 15 is 0 Å². The zero-order valence-electron chi connectivity index (χ0n) is 7.21. The number of hydrogen-bond acceptors (Lipinski definition) is 2. The van der Waals surface area contributed by atoms with Gasteiger partial charge in [0.25, 0.3) is 0 Å². The summed E-state index contributed by atoms with van der Waals surface area (Å²) in [5.41, 5.74) is 1.35. The van der Waals surface area contributed by atoms with Crippen LogP contribution in [0.3, 0.4) is 0 Å². The van der Waals surface area contributed by atoms with Crippen molar-refractivity contribution in [2.45, 2.75) is 17.1 Å². The topological polar surface area (TPSA) is 12.0 Å². The van der Waals surface area contributed by atoms with Crippen LogP contribution >= 0.6 is 11.8 Å². The van der Waals surface area contributed by atoms with Crippen LogP contribution in [0.1, 0.15) is 5.56 Å². The monoisotopic (exact) mass is 179 g/mol. The molecule has 1 aliphatic rings. The van der Waals surface area contributed by atoms with Gasteiger partial charge >= 0.3 is 0 Å². The fraction of sp³-hybridized carbons (Fsp3) is 0.400. The predicted molar refractivity (Wildman–Crippen MR) is 53.7 cm³/mol. The highest BCUT2D eigenvalue weighted by Crippen LogP contribution is 2.25. The molecule has 12 heavy (non-hydrogen) atoms. The van der Waals surface area contributed by atoms with E-state index in [4.69, 9.17) is 0 Å². The lowest BCUT2D eigenvalue weighted by Crippen LogP contribution is -2.44. The Hall–Kier alpha value is -0.470. The van der Waals surface area contributed by atoms with Crippen LogP contribution in [-0.2, 0) is 0 Å². The summed E-state index contributed by atoms with van der Waals surface area (Å²) in [6.45, 7) is 4.47. The van der Waals surface area contributed by atoms with Crippen molar-refractivity contribution in [1.29, 1.82) is 0 Å². The summed E-state index contributed by atoms with van der Waals surface area (Å²) >= 11 is 1.98. The molecule has 0 bridgehead atoms. The molecule has 64 valence electrons. The van der Waals surface area contributed by atoms with Crippen LogP contribution in [0.2, 0.25) is 0 Å². The average molecular weight is 179 g/mol. The van der Waals surface area contributed by atoms with E-state index in [9.17, 15) is 0 Å². The lowest BCUT2D eigenvalue weighted by molar-refractivity contribution is 0.544. The molecule has 0 spiro atoms. The normalized spacial score (nSPS) is 17.4. The van der Waals surface area contributed by atoms with Crippen molar-refractivity contribution in [3.8, 4) is 0 Å². The maximum atomic E-state index is 3.28. The Labute approximate surface area is 77.6 Å². The third-order valence-electron chi connectivity index (χ3n) is 2.04. The third-order valence-corrected chi connectivity index (χ3v) is 3.23. The van der Waals surface area contributed by atoms with E-state index in [1.54, 1.807) is 0 Å². The van der Waals surface area contributed by atoms with Gasteiger partial charge in [-0.25, -0.2) is 0 Å². The maximum absolute atomic E-state index is 3.28. The van der Waals surface area contributed by atoms with Crippen LogP contribution < -0.4 is 5.32 Å². The molecule has 0 aliphatic carbocycles. The highest BCUT2D eigenvalue weighted by Gasteiger charge is 2.17. The number of aryl methyl sites for hydroxylation is 1. The van der Waals surface area contributed by atoms with E-state index < -0.39 is 0 Å². The van der Waals surface area contributed by atoms with Crippen molar-refractivity contribution in [3.63, 3.8) is 0 Å². The van der Waals surface area contributed by atoms with E-state index in [1.807, 2.05) is 11.8 Å². The quantitative estimate of drug-likeness (QED) is 0.746. The number of benzene rings is 1. The molecule has 1 nitrogen and oxygen atoms in total. The molecule has 0 unspecified atom stereocenters. The molecule has 0 saturated carbocycles. The van der Waals surface area contributed by atoms with E-state index in [2.05, 4.69) is 36.5 Å². The van der Waals surface area contributed by atoms with Gasteiger partial charge in [-0.2, -0.15) is 0 Å². The molecule has 2 heteroatoms. The highest BCUT2D eigenvalue weighted by molar-refractivity contribution is 8.00. The molecule has 1 heterocycles. The Balaban J connectivity index is 2.02. The highest BCUT2D eigenvalue weighted by atomic mass is 32.2. The summed E-state index contributed by atoms with van der Waals surface area (Å²) in [4.78, 5) is 1.40. The van der Waals surface area contributed by atoms with Gasteiger partial charge in [0.1, 0.15) is 0 Å². The Kier molecular flexibility index (Phi) is 2.38. The van der Waals surface area contributed by atoms with Crippen LogP contribution in [0.5, 0.6) is 0 Å². The predicted octanol–water partition coefficient (Wildman–Crippen LogP) is 2.06. The third kappa shape index (κ3) is 1.82. The second-order valence-corrected chi connectivity index (χ2v) is 4.59. The van der Waals surface area contributed by atoms with Gasteiger partial charge in [0.05, 0.1) is 0 Å². The fourth-order valence-corrected chi connectivity index (χ4v) is 2.42. The Morgan fingerprint density at radius 3 is 2.83 bits per heavy atom. The molecular formula is C10H13NS. The number of thioether (sulfide) groups is 1. The molecule has 0 radical (unpaired) electrons. The summed E-state index contributed by atoms with van der Waals surface area (Å²) in [5, 5.41) is 4.07. The van der Waals surface area contributed by atoms with Gasteiger partial charge in [0.2, 0.25) is 0 Å². The number of rotatable bonds is 2. The van der Waals surface area contributed by atoms with Crippen molar-refractivity contribution in [3.05, 3.63) is 29.8 Å². The van der Waals surface area contributed by atoms with E-state index in [1.165, 1.54) is 23.5 Å². The van der Waals surface area contributed by atoms with Crippen molar-refractivity contribution in [2.75, 3.05) is 13.1 Å². The van der Waals surface area contributed by atoms with E-state index in [0.29, 0.717) is 0 Å². The van der Waals surface area contributed by atoms with Crippen LogP contribution in [-0.4, -0.2) is 18.3 Å². The lowest BCUT2D eigenvalue weighted by Gasteiger charge is -2.26. The molecule has 0 amide bonds. The van der Waals surface area contributed by atoms with Gasteiger partial charge in [0.15, 0.2) is 0 Å². The molecule has 1 aromatic carbocycles. The molecule has 2 rings (SSSR count). The molecule has 1 N–H and O–H groups in total. The number of nitrogens with one attached hydrogen (secondary N) is 1. The molecule has 1 fully saturated rings. The summed E-state index contributed by atoms with van der Waals surface area (Å²) in [6, 6.07) is 8.71. The van der Waals surface area contributed by atoms with Crippen LogP contribution in [0.15, 0.2) is 29.2 Å². The first-order chi connectivity index (χ1) is 5.84.